The fraction of sp³-hybridized carbons (Fsp3) is 0.250. The van der Waals surface area contributed by atoms with Gasteiger partial charge in [0.05, 0.1) is 10.5 Å². The van der Waals surface area contributed by atoms with Crippen molar-refractivity contribution in [2.75, 3.05) is 6.54 Å². The number of pyridine rings is 1. The van der Waals surface area contributed by atoms with Crippen LogP contribution in [0.25, 0.3) is 5.65 Å². The molecule has 1 atom stereocenters. The molecule has 1 unspecified atom stereocenters. The van der Waals surface area contributed by atoms with Gasteiger partial charge in [-0.2, -0.15) is 5.10 Å². The average Bonchev–Trinajstić information content (AvgIpc) is 2.98. The molecule has 0 aliphatic carbocycles. The van der Waals surface area contributed by atoms with Gasteiger partial charge in [-0.1, -0.05) is 0 Å². The lowest BCUT2D eigenvalue weighted by Gasteiger charge is -2.34. The first kappa shape index (κ1) is 14.3. The zero-order chi connectivity index (χ0) is 16.0. The maximum atomic E-state index is 12.9. The quantitative estimate of drug-likeness (QED) is 0.659. The highest BCUT2D eigenvalue weighted by atomic mass is 79.9. The highest BCUT2D eigenvalue weighted by molar-refractivity contribution is 9.10. The molecule has 1 amide bonds. The number of fused-ring (bicyclic) bond motifs is 2. The zero-order valence-corrected chi connectivity index (χ0v) is 14.1. The summed E-state index contributed by atoms with van der Waals surface area (Å²) in [5, 5.41) is 4.36. The van der Waals surface area contributed by atoms with E-state index in [9.17, 15) is 4.79 Å². The summed E-state index contributed by atoms with van der Waals surface area (Å²) in [7, 11) is 0. The van der Waals surface area contributed by atoms with Gasteiger partial charge in [0.1, 0.15) is 0 Å². The van der Waals surface area contributed by atoms with E-state index in [0.29, 0.717) is 17.9 Å². The Morgan fingerprint density at radius 3 is 3.13 bits per heavy atom. The van der Waals surface area contributed by atoms with Crippen LogP contribution in [0.15, 0.2) is 41.4 Å². The minimum absolute atomic E-state index is 0.0127. The second-order valence-corrected chi connectivity index (χ2v) is 6.52. The van der Waals surface area contributed by atoms with Crippen molar-refractivity contribution in [1.29, 1.82) is 0 Å². The Hall–Kier alpha value is -2.28. The number of carbonyl (C=O) groups is 1. The number of hydrogen-bond acceptors (Lipinski definition) is 4. The maximum absolute atomic E-state index is 12.9. The summed E-state index contributed by atoms with van der Waals surface area (Å²) >= 11 is 3.36. The van der Waals surface area contributed by atoms with E-state index in [2.05, 4.69) is 31.0 Å². The molecule has 3 aromatic rings. The van der Waals surface area contributed by atoms with Crippen LogP contribution in [0.2, 0.25) is 0 Å². The molecular weight excluding hydrogens is 358 g/mol. The summed E-state index contributed by atoms with van der Waals surface area (Å²) in [5.41, 5.74) is 3.44. The van der Waals surface area contributed by atoms with Gasteiger partial charge in [-0.15, -0.1) is 0 Å². The molecule has 0 bridgehead atoms. The van der Waals surface area contributed by atoms with E-state index in [-0.39, 0.29) is 11.9 Å². The van der Waals surface area contributed by atoms with Crippen molar-refractivity contribution in [2.45, 2.75) is 19.4 Å². The summed E-state index contributed by atoms with van der Waals surface area (Å²) in [6, 6.07) is 3.73. The largest absolute Gasteiger partial charge is 0.330 e. The van der Waals surface area contributed by atoms with Gasteiger partial charge in [-0.25, -0.2) is 9.50 Å². The van der Waals surface area contributed by atoms with E-state index in [0.717, 1.165) is 16.5 Å². The normalized spacial score (nSPS) is 17.3. The summed E-state index contributed by atoms with van der Waals surface area (Å²) < 4.78 is 2.43. The lowest BCUT2D eigenvalue weighted by Crippen LogP contribution is -2.39. The highest BCUT2D eigenvalue weighted by Gasteiger charge is 2.29. The number of halogens is 1. The molecule has 6 nitrogen and oxygen atoms in total. The Morgan fingerprint density at radius 2 is 2.26 bits per heavy atom. The van der Waals surface area contributed by atoms with E-state index >= 15 is 0 Å². The number of aromatic nitrogens is 4. The van der Waals surface area contributed by atoms with Crippen LogP contribution in [0.4, 0.5) is 0 Å². The van der Waals surface area contributed by atoms with Crippen LogP contribution >= 0.6 is 15.9 Å². The predicted octanol–water partition coefficient (Wildman–Crippen LogP) is 2.65. The topological polar surface area (TPSA) is 63.4 Å². The molecule has 1 aliphatic heterocycles. The molecule has 0 fully saturated rings. The highest BCUT2D eigenvalue weighted by Crippen LogP contribution is 2.29. The molecule has 1 aliphatic rings. The number of nitrogens with zero attached hydrogens (tertiary/aromatic N) is 5. The third kappa shape index (κ3) is 2.41. The van der Waals surface area contributed by atoms with Gasteiger partial charge in [0.2, 0.25) is 0 Å². The van der Waals surface area contributed by atoms with Gasteiger partial charge in [-0.05, 0) is 46.5 Å². The van der Waals surface area contributed by atoms with Crippen LogP contribution in [-0.2, 0) is 6.42 Å². The van der Waals surface area contributed by atoms with Crippen molar-refractivity contribution >= 4 is 27.5 Å². The van der Waals surface area contributed by atoms with Crippen LogP contribution in [0.1, 0.15) is 34.6 Å². The standard InChI is InChI=1S/C16H14BrN5O/c1-10-13-2-4-18-7-11(13)3-5-21(10)16(23)14-6-15-19-8-12(17)9-22(15)20-14/h2,4,6-10H,3,5H2,1H3. The van der Waals surface area contributed by atoms with Gasteiger partial charge in [0.25, 0.3) is 5.91 Å². The average molecular weight is 372 g/mol. The molecule has 0 saturated carbocycles. The van der Waals surface area contributed by atoms with Crippen molar-refractivity contribution < 1.29 is 4.79 Å². The molecular formula is C16H14BrN5O. The summed E-state index contributed by atoms with van der Waals surface area (Å²) in [4.78, 5) is 23.2. The van der Waals surface area contributed by atoms with Crippen molar-refractivity contribution in [2.24, 2.45) is 0 Å². The van der Waals surface area contributed by atoms with Crippen molar-refractivity contribution in [1.82, 2.24) is 24.5 Å². The van der Waals surface area contributed by atoms with Crippen LogP contribution in [-0.4, -0.2) is 36.9 Å². The fourth-order valence-corrected chi connectivity index (χ4v) is 3.34. The molecule has 0 saturated heterocycles. The minimum Gasteiger partial charge on any atom is -0.330 e. The van der Waals surface area contributed by atoms with Gasteiger partial charge >= 0.3 is 0 Å². The third-order valence-corrected chi connectivity index (χ3v) is 4.65. The molecule has 3 aromatic heterocycles. The zero-order valence-electron chi connectivity index (χ0n) is 12.5. The first-order valence-electron chi connectivity index (χ1n) is 7.38. The number of rotatable bonds is 1. The Kier molecular flexibility index (Phi) is 3.37. The molecule has 4 heterocycles. The fourth-order valence-electron chi connectivity index (χ4n) is 3.04. The van der Waals surface area contributed by atoms with Gasteiger partial charge < -0.3 is 4.90 Å². The second-order valence-electron chi connectivity index (χ2n) is 5.60. The molecule has 116 valence electrons. The van der Waals surface area contributed by atoms with Crippen molar-refractivity contribution in [3.63, 3.8) is 0 Å². The number of amides is 1. The van der Waals surface area contributed by atoms with Crippen LogP contribution < -0.4 is 0 Å². The van der Waals surface area contributed by atoms with E-state index < -0.39 is 0 Å². The Labute approximate surface area is 141 Å². The smallest absolute Gasteiger partial charge is 0.274 e. The summed E-state index contributed by atoms with van der Waals surface area (Å²) in [6.07, 6.45) is 7.96. The first-order chi connectivity index (χ1) is 11.1. The van der Waals surface area contributed by atoms with Gasteiger partial charge in [0, 0.05) is 37.4 Å². The van der Waals surface area contributed by atoms with Crippen LogP contribution in [0.3, 0.4) is 0 Å². The van der Waals surface area contributed by atoms with E-state index in [1.165, 1.54) is 5.56 Å². The molecule has 0 radical (unpaired) electrons. The SMILES string of the molecule is CC1c2ccncc2CCN1C(=O)c1cc2ncc(Br)cn2n1. The molecule has 4 rings (SSSR count). The lowest BCUT2D eigenvalue weighted by molar-refractivity contribution is 0.0671. The van der Waals surface area contributed by atoms with Crippen molar-refractivity contribution in [3.8, 4) is 0 Å². The molecule has 23 heavy (non-hydrogen) atoms. The van der Waals surface area contributed by atoms with E-state index in [1.807, 2.05) is 24.1 Å². The van der Waals surface area contributed by atoms with Crippen LogP contribution in [0.5, 0.6) is 0 Å². The first-order valence-corrected chi connectivity index (χ1v) is 8.17. The Morgan fingerprint density at radius 1 is 1.39 bits per heavy atom. The minimum atomic E-state index is -0.0680. The summed E-state index contributed by atoms with van der Waals surface area (Å²) in [5.74, 6) is -0.0680. The van der Waals surface area contributed by atoms with Gasteiger partial charge in [-0.3, -0.25) is 9.78 Å². The van der Waals surface area contributed by atoms with E-state index in [4.69, 9.17) is 0 Å². The summed E-state index contributed by atoms with van der Waals surface area (Å²) in [6.45, 7) is 2.71. The van der Waals surface area contributed by atoms with E-state index in [1.54, 1.807) is 29.2 Å². The molecule has 0 aromatic carbocycles. The predicted molar refractivity (Wildman–Crippen MR) is 88.1 cm³/mol. The van der Waals surface area contributed by atoms with Crippen LogP contribution in [0, 0.1) is 0 Å². The maximum Gasteiger partial charge on any atom is 0.274 e. The second kappa shape index (κ2) is 5.42. The Bertz CT molecular complexity index is 906. The number of hydrogen-bond donors (Lipinski definition) is 0. The Balaban J connectivity index is 1.68. The monoisotopic (exact) mass is 371 g/mol. The third-order valence-electron chi connectivity index (χ3n) is 4.24. The molecule has 0 spiro atoms. The lowest BCUT2D eigenvalue weighted by atomic mass is 9.95. The number of carbonyl (C=O) groups excluding carboxylic acids is 1. The van der Waals surface area contributed by atoms with Crippen molar-refractivity contribution in [3.05, 3.63) is 58.2 Å². The van der Waals surface area contributed by atoms with Gasteiger partial charge in [0.15, 0.2) is 11.3 Å². The molecule has 0 N–H and O–H groups in total. The molecule has 7 heteroatoms.